The molecule has 0 aliphatic carbocycles. The maximum atomic E-state index is 11.7. The summed E-state index contributed by atoms with van der Waals surface area (Å²) < 4.78 is 21.5. The van der Waals surface area contributed by atoms with Gasteiger partial charge in [0.25, 0.3) is 0 Å². The van der Waals surface area contributed by atoms with Crippen LogP contribution in [-0.2, 0) is 13.6 Å². The second-order valence-electron chi connectivity index (χ2n) is 2.03. The Kier molecular flexibility index (Phi) is 8.26. The predicted octanol–water partition coefficient (Wildman–Crippen LogP) is 2.73. The van der Waals surface area contributed by atoms with Gasteiger partial charge in [0.15, 0.2) is 0 Å². The lowest BCUT2D eigenvalue weighted by Gasteiger charge is -2.12. The molecule has 14 heavy (non-hydrogen) atoms. The number of hydrogen-bond acceptors (Lipinski definition) is 4. The van der Waals surface area contributed by atoms with E-state index in [2.05, 4.69) is 0 Å². The van der Waals surface area contributed by atoms with Crippen molar-refractivity contribution < 1.29 is 13.6 Å². The van der Waals surface area contributed by atoms with Gasteiger partial charge in [-0.2, -0.15) is 5.26 Å². The Bertz CT molecular complexity index is 252. The van der Waals surface area contributed by atoms with Gasteiger partial charge in [-0.25, -0.2) is 0 Å². The van der Waals surface area contributed by atoms with Crippen molar-refractivity contribution >= 4 is 30.8 Å². The monoisotopic (exact) mass is 257 g/mol. The van der Waals surface area contributed by atoms with Crippen LogP contribution >= 0.6 is 30.8 Å². The number of allylic oxidation sites excluding steroid dienone is 1. The highest BCUT2D eigenvalue weighted by atomic mass is 35.5. The molecule has 0 aromatic heterocycles. The number of nitriles is 1. The minimum absolute atomic E-state index is 0.0941. The summed E-state index contributed by atoms with van der Waals surface area (Å²) in [5.41, 5.74) is 0. The van der Waals surface area contributed by atoms with Gasteiger partial charge in [0.05, 0.1) is 19.3 Å². The molecule has 0 heterocycles. The molecular formula is C7H10Cl2NO3P. The van der Waals surface area contributed by atoms with Crippen molar-refractivity contribution in [1.82, 2.24) is 0 Å². The zero-order chi connectivity index (χ0) is 10.9. The Balaban J connectivity index is 4.27. The third kappa shape index (κ3) is 6.42. The van der Waals surface area contributed by atoms with Crippen molar-refractivity contribution in [1.29, 1.82) is 5.26 Å². The van der Waals surface area contributed by atoms with Gasteiger partial charge in [-0.3, -0.25) is 4.57 Å². The summed E-state index contributed by atoms with van der Waals surface area (Å²) in [6.07, 6.45) is 1.04. The Labute approximate surface area is 92.9 Å². The van der Waals surface area contributed by atoms with E-state index in [9.17, 15) is 4.57 Å². The van der Waals surface area contributed by atoms with Crippen LogP contribution in [0.2, 0.25) is 0 Å². The first-order valence-electron chi connectivity index (χ1n) is 3.76. The molecule has 0 saturated carbocycles. The van der Waals surface area contributed by atoms with Gasteiger partial charge >= 0.3 is 7.60 Å². The lowest BCUT2D eigenvalue weighted by atomic mass is 10.7. The highest BCUT2D eigenvalue weighted by Crippen LogP contribution is 2.49. The van der Waals surface area contributed by atoms with Crippen LogP contribution in [0.4, 0.5) is 0 Å². The normalized spacial score (nSPS) is 11.8. The van der Waals surface area contributed by atoms with Crippen LogP contribution in [0.25, 0.3) is 0 Å². The van der Waals surface area contributed by atoms with Crippen LogP contribution in [0, 0.1) is 11.3 Å². The zero-order valence-electron chi connectivity index (χ0n) is 7.36. The Morgan fingerprint density at radius 2 is 1.79 bits per heavy atom. The molecule has 0 aromatic carbocycles. The van der Waals surface area contributed by atoms with E-state index in [0.717, 1.165) is 11.9 Å². The maximum absolute atomic E-state index is 11.7. The fourth-order valence-corrected chi connectivity index (χ4v) is 2.13. The van der Waals surface area contributed by atoms with E-state index in [1.807, 2.05) is 0 Å². The number of alkyl halides is 2. The topological polar surface area (TPSA) is 59.3 Å². The molecule has 0 radical (unpaired) electrons. The van der Waals surface area contributed by atoms with Gasteiger partial charge in [-0.1, -0.05) is 0 Å². The quantitative estimate of drug-likeness (QED) is 0.400. The molecule has 0 fully saturated rings. The van der Waals surface area contributed by atoms with Crippen molar-refractivity contribution in [3.63, 3.8) is 0 Å². The molecule has 0 aromatic rings. The van der Waals surface area contributed by atoms with Crippen LogP contribution < -0.4 is 0 Å². The summed E-state index contributed by atoms with van der Waals surface area (Å²) >= 11 is 10.7. The largest absolute Gasteiger partial charge is 0.354 e. The van der Waals surface area contributed by atoms with Crippen LogP contribution in [0.3, 0.4) is 0 Å². The van der Waals surface area contributed by atoms with Crippen molar-refractivity contribution in [3.8, 4) is 6.07 Å². The molecule has 0 rings (SSSR count). The fraction of sp³-hybridized carbons (Fsp3) is 0.571. The number of nitrogens with zero attached hydrogens (tertiary/aromatic N) is 1. The predicted molar refractivity (Wildman–Crippen MR) is 55.7 cm³/mol. The molecule has 0 bridgehead atoms. The van der Waals surface area contributed by atoms with Gasteiger partial charge in [-0.05, 0) is 0 Å². The lowest BCUT2D eigenvalue weighted by molar-refractivity contribution is 0.231. The first-order chi connectivity index (χ1) is 6.68. The maximum Gasteiger partial charge on any atom is 0.354 e. The van der Waals surface area contributed by atoms with Crippen LogP contribution in [0.1, 0.15) is 0 Å². The summed E-state index contributed by atoms with van der Waals surface area (Å²) in [4.78, 5) is 0. The van der Waals surface area contributed by atoms with E-state index in [-0.39, 0.29) is 25.0 Å². The Morgan fingerprint density at radius 1 is 1.29 bits per heavy atom. The van der Waals surface area contributed by atoms with Gasteiger partial charge in [0, 0.05) is 23.7 Å². The summed E-state index contributed by atoms with van der Waals surface area (Å²) in [6.45, 7) is 0.188. The Hall–Kier alpha value is -0.0400. The molecule has 0 N–H and O–H groups in total. The number of rotatable bonds is 7. The fourth-order valence-electron chi connectivity index (χ4n) is 0.571. The van der Waals surface area contributed by atoms with Gasteiger partial charge in [0.2, 0.25) is 0 Å². The van der Waals surface area contributed by atoms with Gasteiger partial charge in [0.1, 0.15) is 0 Å². The van der Waals surface area contributed by atoms with Crippen molar-refractivity contribution in [2.75, 3.05) is 25.0 Å². The van der Waals surface area contributed by atoms with E-state index in [0.29, 0.717) is 0 Å². The summed E-state index contributed by atoms with van der Waals surface area (Å²) in [5.74, 6) is 1.50. The molecule has 0 aliphatic heterocycles. The zero-order valence-corrected chi connectivity index (χ0v) is 9.76. The number of halogens is 2. The average molecular weight is 258 g/mol. The van der Waals surface area contributed by atoms with Gasteiger partial charge in [-0.15, -0.1) is 23.2 Å². The SMILES string of the molecule is N#C/C=C/P(=O)(OCCCl)OCCCl. The summed E-state index contributed by atoms with van der Waals surface area (Å²) in [5, 5.41) is 8.26. The average Bonchev–Trinajstić information content (AvgIpc) is 2.21. The first kappa shape index (κ1) is 14.0. The van der Waals surface area contributed by atoms with Crippen LogP contribution in [0.5, 0.6) is 0 Å². The van der Waals surface area contributed by atoms with Gasteiger partial charge < -0.3 is 9.05 Å². The van der Waals surface area contributed by atoms with E-state index >= 15 is 0 Å². The second-order valence-corrected chi connectivity index (χ2v) is 4.68. The standard InChI is InChI=1S/C7H10Cl2NO3P/c8-2-5-12-14(11,7-1-4-10)13-6-3-9/h1,7H,2-3,5-6H2/b7-1+. The van der Waals surface area contributed by atoms with E-state index in [1.165, 1.54) is 0 Å². The van der Waals surface area contributed by atoms with E-state index < -0.39 is 7.60 Å². The third-order valence-corrected chi connectivity index (χ3v) is 2.94. The highest BCUT2D eigenvalue weighted by molar-refractivity contribution is 7.57. The summed E-state index contributed by atoms with van der Waals surface area (Å²) in [6, 6.07) is 1.70. The second kappa shape index (κ2) is 8.28. The molecule has 7 heteroatoms. The van der Waals surface area contributed by atoms with Crippen LogP contribution in [-0.4, -0.2) is 25.0 Å². The molecule has 0 atom stereocenters. The molecule has 80 valence electrons. The molecule has 0 saturated heterocycles. The van der Waals surface area contributed by atoms with E-state index in [4.69, 9.17) is 37.5 Å². The first-order valence-corrected chi connectivity index (χ1v) is 6.44. The lowest BCUT2D eigenvalue weighted by Crippen LogP contribution is -1.98. The molecule has 4 nitrogen and oxygen atoms in total. The molecule has 0 amide bonds. The molecule has 0 spiro atoms. The highest BCUT2D eigenvalue weighted by Gasteiger charge is 2.19. The number of hydrogen-bond donors (Lipinski definition) is 0. The molecule has 0 unspecified atom stereocenters. The van der Waals surface area contributed by atoms with Crippen LogP contribution in [0.15, 0.2) is 11.9 Å². The van der Waals surface area contributed by atoms with Crippen molar-refractivity contribution in [2.24, 2.45) is 0 Å². The third-order valence-electron chi connectivity index (χ3n) is 1.03. The van der Waals surface area contributed by atoms with Crippen molar-refractivity contribution in [3.05, 3.63) is 11.9 Å². The molecular weight excluding hydrogens is 248 g/mol. The Morgan fingerprint density at radius 3 is 2.14 bits per heavy atom. The summed E-state index contributed by atoms with van der Waals surface area (Å²) in [7, 11) is -3.34. The molecule has 0 aliphatic rings. The minimum Gasteiger partial charge on any atom is -0.304 e. The van der Waals surface area contributed by atoms with Crippen molar-refractivity contribution in [2.45, 2.75) is 0 Å². The smallest absolute Gasteiger partial charge is 0.304 e. The van der Waals surface area contributed by atoms with E-state index in [1.54, 1.807) is 6.07 Å². The minimum atomic E-state index is -3.34.